The summed E-state index contributed by atoms with van der Waals surface area (Å²) < 4.78 is 68.8. The zero-order valence-corrected chi connectivity index (χ0v) is 68.0. The predicted molar refractivity (Wildman–Crippen MR) is 414 cm³/mol. The van der Waals surface area contributed by atoms with Crippen molar-refractivity contribution in [3.05, 3.63) is 0 Å². The van der Waals surface area contributed by atoms with E-state index in [1.807, 2.05) is 0 Å². The van der Waals surface area contributed by atoms with E-state index in [1.165, 1.54) is 250 Å². The summed E-state index contributed by atoms with van der Waals surface area (Å²) >= 11 is 0. The van der Waals surface area contributed by atoms with Gasteiger partial charge in [0.25, 0.3) is 0 Å². The minimum atomic E-state index is -4.96. The molecule has 0 aromatic rings. The summed E-state index contributed by atoms with van der Waals surface area (Å²) in [5, 5.41) is 10.6. The molecule has 0 bridgehead atoms. The highest BCUT2D eigenvalue weighted by molar-refractivity contribution is 7.47. The van der Waals surface area contributed by atoms with Crippen molar-refractivity contribution in [2.24, 2.45) is 11.8 Å². The number of esters is 4. The number of aliphatic hydroxyl groups excluding tert-OH is 1. The number of carbonyl (C=O) groups excluding carboxylic acids is 4. The molecule has 19 heteroatoms. The molecule has 0 aliphatic heterocycles. The van der Waals surface area contributed by atoms with Crippen molar-refractivity contribution in [2.45, 2.75) is 452 Å². The molecule has 0 aromatic carbocycles. The molecule has 0 aliphatic carbocycles. The Balaban J connectivity index is 5.22. The Hall–Kier alpha value is -1.94. The van der Waals surface area contributed by atoms with Gasteiger partial charge in [-0.25, -0.2) is 9.13 Å². The normalized spacial score (nSPS) is 14.2. The van der Waals surface area contributed by atoms with Crippen LogP contribution in [0.5, 0.6) is 0 Å². The van der Waals surface area contributed by atoms with E-state index in [0.29, 0.717) is 25.7 Å². The summed E-state index contributed by atoms with van der Waals surface area (Å²) in [6.07, 6.45) is 63.8. The van der Waals surface area contributed by atoms with Gasteiger partial charge in [0.15, 0.2) is 12.2 Å². The Kier molecular flexibility index (Phi) is 72.2. The van der Waals surface area contributed by atoms with E-state index in [9.17, 15) is 43.2 Å². The maximum Gasteiger partial charge on any atom is 0.472 e. The van der Waals surface area contributed by atoms with E-state index in [1.54, 1.807) is 0 Å². The largest absolute Gasteiger partial charge is 0.472 e. The van der Waals surface area contributed by atoms with Gasteiger partial charge in [-0.15, -0.1) is 0 Å². The minimum absolute atomic E-state index is 0.107. The smallest absolute Gasteiger partial charge is 0.462 e. The van der Waals surface area contributed by atoms with E-state index in [0.717, 1.165) is 102 Å². The van der Waals surface area contributed by atoms with Crippen LogP contribution >= 0.6 is 15.6 Å². The first-order chi connectivity index (χ1) is 48.9. The van der Waals surface area contributed by atoms with Crippen molar-refractivity contribution < 1.29 is 80.2 Å². The molecule has 0 amide bonds. The fourth-order valence-corrected chi connectivity index (χ4v) is 14.3. The van der Waals surface area contributed by atoms with Crippen LogP contribution in [0.15, 0.2) is 0 Å². The lowest BCUT2D eigenvalue weighted by Crippen LogP contribution is -2.30. The van der Waals surface area contributed by atoms with Gasteiger partial charge < -0.3 is 33.8 Å². The highest BCUT2D eigenvalue weighted by Gasteiger charge is 2.30. The fraction of sp³-hybridized carbons (Fsp3) is 0.951. The van der Waals surface area contributed by atoms with Crippen LogP contribution < -0.4 is 0 Å². The molecule has 6 atom stereocenters. The van der Waals surface area contributed by atoms with Gasteiger partial charge in [0.05, 0.1) is 26.4 Å². The molecule has 17 nitrogen and oxygen atoms in total. The minimum Gasteiger partial charge on any atom is -0.462 e. The molecular weight excluding hydrogens is 1320 g/mol. The number of ether oxygens (including phenoxy) is 4. The number of phosphoric acid groups is 2. The number of hydrogen-bond donors (Lipinski definition) is 3. The summed E-state index contributed by atoms with van der Waals surface area (Å²) in [6, 6.07) is 0. The van der Waals surface area contributed by atoms with Gasteiger partial charge in [0.1, 0.15) is 19.3 Å². The summed E-state index contributed by atoms with van der Waals surface area (Å²) in [5.74, 6) is -0.559. The first-order valence-electron chi connectivity index (χ1n) is 42.5. The van der Waals surface area contributed by atoms with Crippen molar-refractivity contribution in [1.82, 2.24) is 0 Å². The van der Waals surface area contributed by atoms with Crippen molar-refractivity contribution in [1.29, 1.82) is 0 Å². The third-order valence-corrected chi connectivity index (χ3v) is 21.5. The van der Waals surface area contributed by atoms with E-state index < -0.39 is 97.5 Å². The van der Waals surface area contributed by atoms with Gasteiger partial charge in [-0.05, 0) is 37.5 Å². The second kappa shape index (κ2) is 73.6. The third-order valence-electron chi connectivity index (χ3n) is 19.6. The molecule has 0 saturated carbocycles. The van der Waals surface area contributed by atoms with E-state index in [4.69, 9.17) is 37.0 Å². The monoisotopic (exact) mass is 1480 g/mol. The number of carbonyl (C=O) groups is 4. The lowest BCUT2D eigenvalue weighted by Gasteiger charge is -2.21. The van der Waals surface area contributed by atoms with Gasteiger partial charge >= 0.3 is 39.5 Å². The molecule has 0 rings (SSSR count). The van der Waals surface area contributed by atoms with Crippen LogP contribution in [0.1, 0.15) is 433 Å². The highest BCUT2D eigenvalue weighted by atomic mass is 31.2. The van der Waals surface area contributed by atoms with Crippen LogP contribution in [-0.4, -0.2) is 96.7 Å². The lowest BCUT2D eigenvalue weighted by molar-refractivity contribution is -0.161. The SMILES string of the molecule is CCCCCCCCCCCCCCCCCCCCCCCCC(=O)O[C@H](COC(=O)CCCCCCCCCCCCCC(C)C)COP(=O)(O)OC[C@@H](O)COP(=O)(O)OC[C@@H](COC(=O)CCCCCCCCCCC(C)CC)OC(=O)CCCCCCCCCCCCCCC. The molecule has 0 saturated heterocycles. The van der Waals surface area contributed by atoms with Crippen LogP contribution in [0.2, 0.25) is 0 Å². The third kappa shape index (κ3) is 74.7. The van der Waals surface area contributed by atoms with Gasteiger partial charge in [0, 0.05) is 25.7 Å². The van der Waals surface area contributed by atoms with Crippen molar-refractivity contribution in [3.8, 4) is 0 Å². The van der Waals surface area contributed by atoms with E-state index in [2.05, 4.69) is 41.5 Å². The molecular formula is C82H160O17P2. The molecule has 3 N–H and O–H groups in total. The zero-order chi connectivity index (χ0) is 74.2. The summed E-state index contributed by atoms with van der Waals surface area (Å²) in [6.45, 7) is 9.64. The Morgan fingerprint density at radius 2 is 0.505 bits per heavy atom. The predicted octanol–water partition coefficient (Wildman–Crippen LogP) is 24.7. The lowest BCUT2D eigenvalue weighted by atomic mass is 9.99. The van der Waals surface area contributed by atoms with E-state index >= 15 is 0 Å². The number of aliphatic hydroxyl groups is 1. The molecule has 101 heavy (non-hydrogen) atoms. The van der Waals surface area contributed by atoms with E-state index in [-0.39, 0.29) is 25.7 Å². The molecule has 600 valence electrons. The van der Waals surface area contributed by atoms with Crippen molar-refractivity contribution >= 4 is 39.5 Å². The molecule has 0 radical (unpaired) electrons. The first kappa shape index (κ1) is 99.1. The quantitative estimate of drug-likeness (QED) is 0.0222. The number of phosphoric ester groups is 2. The zero-order valence-electron chi connectivity index (χ0n) is 66.2. The maximum absolute atomic E-state index is 13.1. The topological polar surface area (TPSA) is 237 Å². The second-order valence-corrected chi connectivity index (χ2v) is 33.1. The average Bonchev–Trinajstić information content (AvgIpc) is 1.05. The standard InChI is InChI=1S/C82H160O17P2/c1-7-10-12-14-16-18-20-22-23-24-25-26-27-28-29-30-32-36-41-49-55-61-67-82(87)98-77(70-92-79(84)64-58-52-46-39-37-33-34-38-44-50-56-62-74(4)5)72-96-100(88,89)94-68-76(83)69-95-101(90,91)97-73-78(71-93-80(85)65-59-53-47-43-42-45-51-57-63-75(6)9-3)99-81(86)66-60-54-48-40-35-31-21-19-17-15-13-11-8-2/h74-78,83H,7-73H2,1-6H3,(H,88,89)(H,90,91)/t75?,76-,77-,78-/m1/s1. The number of rotatable bonds is 81. The summed E-state index contributed by atoms with van der Waals surface area (Å²) in [5.41, 5.74) is 0. The summed E-state index contributed by atoms with van der Waals surface area (Å²) in [4.78, 5) is 73.1. The van der Waals surface area contributed by atoms with Crippen LogP contribution in [0.3, 0.4) is 0 Å². The molecule has 0 fully saturated rings. The Morgan fingerprint density at radius 3 is 0.752 bits per heavy atom. The van der Waals surface area contributed by atoms with Crippen LogP contribution in [0.4, 0.5) is 0 Å². The number of unbranched alkanes of at least 4 members (excludes halogenated alkanes) is 50. The average molecular weight is 1480 g/mol. The second-order valence-electron chi connectivity index (χ2n) is 30.2. The number of hydrogen-bond acceptors (Lipinski definition) is 15. The van der Waals surface area contributed by atoms with Crippen LogP contribution in [0, 0.1) is 11.8 Å². The van der Waals surface area contributed by atoms with Gasteiger partial charge in [-0.3, -0.25) is 37.3 Å². The molecule has 3 unspecified atom stereocenters. The van der Waals surface area contributed by atoms with Crippen LogP contribution in [0.25, 0.3) is 0 Å². The highest BCUT2D eigenvalue weighted by Crippen LogP contribution is 2.45. The van der Waals surface area contributed by atoms with Crippen molar-refractivity contribution in [2.75, 3.05) is 39.6 Å². The molecule has 0 spiro atoms. The van der Waals surface area contributed by atoms with Gasteiger partial charge in [-0.1, -0.05) is 382 Å². The Labute approximate surface area is 619 Å². The fourth-order valence-electron chi connectivity index (χ4n) is 12.7. The van der Waals surface area contributed by atoms with Crippen molar-refractivity contribution in [3.63, 3.8) is 0 Å². The Morgan fingerprint density at radius 1 is 0.287 bits per heavy atom. The maximum atomic E-state index is 13.1. The van der Waals surface area contributed by atoms with Gasteiger partial charge in [-0.2, -0.15) is 0 Å². The Bertz CT molecular complexity index is 1940. The molecule has 0 heterocycles. The molecule has 0 aliphatic rings. The summed E-state index contributed by atoms with van der Waals surface area (Å²) in [7, 11) is -9.92. The van der Waals surface area contributed by atoms with Gasteiger partial charge in [0.2, 0.25) is 0 Å². The molecule has 0 aromatic heterocycles. The first-order valence-corrected chi connectivity index (χ1v) is 45.5. The van der Waals surface area contributed by atoms with Crippen LogP contribution in [-0.2, 0) is 65.4 Å².